The third-order valence-corrected chi connectivity index (χ3v) is 8.77. The van der Waals surface area contributed by atoms with E-state index in [0.717, 1.165) is 21.9 Å². The zero-order valence-corrected chi connectivity index (χ0v) is 19.3. The zero-order chi connectivity index (χ0) is 20.9. The summed E-state index contributed by atoms with van der Waals surface area (Å²) >= 11 is 1.69. The summed E-state index contributed by atoms with van der Waals surface area (Å²) in [5.41, 5.74) is 1.21. The standard InChI is InChI=1S/C19H29N5O3S2/c1-12-10-24(11-13(2)27-12)29(25,26)23-8-6-22(7-9-23)18-17-14(3)15(4)28-19(17)21-16(5)20-18/h12-13H,6-11H2,1-5H3/t12-,13-/m1/s1. The van der Waals surface area contributed by atoms with Crippen molar-refractivity contribution < 1.29 is 13.2 Å². The number of fused-ring (bicyclic) bond motifs is 1. The minimum absolute atomic E-state index is 0.0862. The first-order chi connectivity index (χ1) is 13.7. The van der Waals surface area contributed by atoms with E-state index in [4.69, 9.17) is 9.72 Å². The van der Waals surface area contributed by atoms with E-state index in [0.29, 0.717) is 39.3 Å². The average molecular weight is 440 g/mol. The molecular weight excluding hydrogens is 410 g/mol. The van der Waals surface area contributed by atoms with Crippen molar-refractivity contribution in [3.8, 4) is 0 Å². The summed E-state index contributed by atoms with van der Waals surface area (Å²) in [6.45, 7) is 12.9. The van der Waals surface area contributed by atoms with Gasteiger partial charge in [-0.2, -0.15) is 17.0 Å². The predicted octanol–water partition coefficient (Wildman–Crippen LogP) is 2.09. The molecule has 2 aromatic heterocycles. The van der Waals surface area contributed by atoms with Gasteiger partial charge in [0.25, 0.3) is 10.2 Å². The van der Waals surface area contributed by atoms with Gasteiger partial charge in [0.15, 0.2) is 0 Å². The fourth-order valence-corrected chi connectivity index (χ4v) is 6.99. The van der Waals surface area contributed by atoms with E-state index < -0.39 is 10.2 Å². The Kier molecular flexibility index (Phi) is 5.58. The van der Waals surface area contributed by atoms with Gasteiger partial charge in [-0.25, -0.2) is 9.97 Å². The molecular formula is C19H29N5O3S2. The number of ether oxygens (including phenoxy) is 1. The van der Waals surface area contributed by atoms with Crippen LogP contribution in [0.1, 0.15) is 30.1 Å². The third-order valence-electron chi connectivity index (χ3n) is 5.70. The lowest BCUT2D eigenvalue weighted by atomic mass is 10.2. The van der Waals surface area contributed by atoms with Gasteiger partial charge in [0, 0.05) is 44.1 Å². The molecule has 2 aliphatic heterocycles. The Morgan fingerprint density at radius 1 is 0.966 bits per heavy atom. The lowest BCUT2D eigenvalue weighted by molar-refractivity contribution is -0.0455. The van der Waals surface area contributed by atoms with Gasteiger partial charge in [-0.05, 0) is 40.2 Å². The van der Waals surface area contributed by atoms with Crippen molar-refractivity contribution in [1.29, 1.82) is 0 Å². The molecule has 0 spiro atoms. The van der Waals surface area contributed by atoms with Crippen molar-refractivity contribution in [3.05, 3.63) is 16.3 Å². The molecule has 2 saturated heterocycles. The maximum absolute atomic E-state index is 13.2. The van der Waals surface area contributed by atoms with Gasteiger partial charge in [0.05, 0.1) is 17.6 Å². The van der Waals surface area contributed by atoms with Crippen LogP contribution in [0.5, 0.6) is 0 Å². The molecule has 29 heavy (non-hydrogen) atoms. The smallest absolute Gasteiger partial charge is 0.282 e. The van der Waals surface area contributed by atoms with Gasteiger partial charge in [-0.15, -0.1) is 11.3 Å². The van der Waals surface area contributed by atoms with Crippen molar-refractivity contribution in [2.75, 3.05) is 44.2 Å². The normalized spacial score (nSPS) is 25.1. The summed E-state index contributed by atoms with van der Waals surface area (Å²) in [6, 6.07) is 0. The number of hydrogen-bond donors (Lipinski definition) is 0. The van der Waals surface area contributed by atoms with Crippen LogP contribution in [-0.2, 0) is 14.9 Å². The Labute approximate surface area is 176 Å². The molecule has 0 aliphatic carbocycles. The van der Waals surface area contributed by atoms with E-state index in [1.807, 2.05) is 20.8 Å². The van der Waals surface area contributed by atoms with Crippen LogP contribution in [0.15, 0.2) is 0 Å². The molecule has 2 fully saturated rings. The van der Waals surface area contributed by atoms with Gasteiger partial charge in [-0.3, -0.25) is 0 Å². The minimum Gasteiger partial charge on any atom is -0.373 e. The van der Waals surface area contributed by atoms with Crippen LogP contribution in [0.25, 0.3) is 10.2 Å². The van der Waals surface area contributed by atoms with Crippen molar-refractivity contribution in [2.45, 2.75) is 46.8 Å². The molecule has 4 heterocycles. The Bertz CT molecular complexity index is 1000. The van der Waals surface area contributed by atoms with Crippen LogP contribution in [0.3, 0.4) is 0 Å². The van der Waals surface area contributed by atoms with Gasteiger partial charge in [0.2, 0.25) is 0 Å². The Balaban J connectivity index is 1.54. The molecule has 160 valence electrons. The van der Waals surface area contributed by atoms with E-state index in [1.54, 1.807) is 19.9 Å². The van der Waals surface area contributed by atoms with Crippen molar-refractivity contribution in [3.63, 3.8) is 0 Å². The number of thiophene rings is 1. The largest absolute Gasteiger partial charge is 0.373 e. The van der Waals surface area contributed by atoms with Crippen LogP contribution < -0.4 is 4.90 Å². The summed E-state index contributed by atoms with van der Waals surface area (Å²) in [5, 5.41) is 1.10. The fourth-order valence-electron chi connectivity index (χ4n) is 4.17. The fraction of sp³-hybridized carbons (Fsp3) is 0.684. The second kappa shape index (κ2) is 7.73. The lowest BCUT2D eigenvalue weighted by Gasteiger charge is -2.40. The van der Waals surface area contributed by atoms with Crippen LogP contribution in [0, 0.1) is 20.8 Å². The number of hydrogen-bond acceptors (Lipinski definition) is 7. The van der Waals surface area contributed by atoms with Gasteiger partial charge in [-0.1, -0.05) is 0 Å². The quantitative estimate of drug-likeness (QED) is 0.729. The number of rotatable bonds is 3. The molecule has 2 aliphatic rings. The molecule has 0 radical (unpaired) electrons. The molecule has 0 unspecified atom stereocenters. The average Bonchev–Trinajstić information content (AvgIpc) is 2.94. The molecule has 8 nitrogen and oxygen atoms in total. The highest BCUT2D eigenvalue weighted by Gasteiger charge is 2.37. The van der Waals surface area contributed by atoms with E-state index in [1.165, 1.54) is 10.4 Å². The summed E-state index contributed by atoms with van der Waals surface area (Å²) in [7, 11) is -3.48. The molecule has 0 aromatic carbocycles. The SMILES string of the molecule is Cc1nc(N2CCN(S(=O)(=O)N3C[C@@H](C)O[C@H](C)C3)CC2)c2c(C)c(C)sc2n1. The maximum Gasteiger partial charge on any atom is 0.282 e. The third kappa shape index (κ3) is 3.88. The number of piperazine rings is 1. The van der Waals surface area contributed by atoms with Crippen molar-refractivity contribution in [2.24, 2.45) is 0 Å². The second-order valence-electron chi connectivity index (χ2n) is 8.03. The molecule has 0 saturated carbocycles. The zero-order valence-electron chi connectivity index (χ0n) is 17.7. The molecule has 0 N–H and O–H groups in total. The molecule has 2 aromatic rings. The number of morpholine rings is 1. The van der Waals surface area contributed by atoms with Crippen LogP contribution in [0.2, 0.25) is 0 Å². The Morgan fingerprint density at radius 3 is 2.21 bits per heavy atom. The number of aryl methyl sites for hydroxylation is 3. The van der Waals surface area contributed by atoms with Crippen LogP contribution in [0.4, 0.5) is 5.82 Å². The van der Waals surface area contributed by atoms with E-state index >= 15 is 0 Å². The topological polar surface area (TPSA) is 78.9 Å². The Hall–Kier alpha value is -1.33. The van der Waals surface area contributed by atoms with Crippen LogP contribution >= 0.6 is 11.3 Å². The molecule has 0 amide bonds. The molecule has 4 rings (SSSR count). The van der Waals surface area contributed by atoms with Gasteiger partial charge >= 0.3 is 0 Å². The molecule has 0 bridgehead atoms. The second-order valence-corrected chi connectivity index (χ2v) is 11.2. The first-order valence-corrected chi connectivity index (χ1v) is 12.3. The maximum atomic E-state index is 13.2. The predicted molar refractivity (Wildman–Crippen MR) is 116 cm³/mol. The highest BCUT2D eigenvalue weighted by atomic mass is 32.2. The lowest BCUT2D eigenvalue weighted by Crippen LogP contribution is -2.57. The monoisotopic (exact) mass is 439 g/mol. The Morgan fingerprint density at radius 2 is 1.59 bits per heavy atom. The summed E-state index contributed by atoms with van der Waals surface area (Å²) in [6.07, 6.45) is -0.172. The first kappa shape index (κ1) is 20.9. The number of nitrogens with zero attached hydrogens (tertiary/aromatic N) is 5. The molecule has 2 atom stereocenters. The number of anilines is 1. The summed E-state index contributed by atoms with van der Waals surface area (Å²) < 4.78 is 35.2. The van der Waals surface area contributed by atoms with Crippen molar-refractivity contribution in [1.82, 2.24) is 18.6 Å². The van der Waals surface area contributed by atoms with Gasteiger partial charge in [0.1, 0.15) is 16.5 Å². The number of aromatic nitrogens is 2. The van der Waals surface area contributed by atoms with Crippen LogP contribution in [-0.4, -0.2) is 78.5 Å². The van der Waals surface area contributed by atoms with Crippen molar-refractivity contribution >= 4 is 37.6 Å². The summed E-state index contributed by atoms with van der Waals surface area (Å²) in [5.74, 6) is 1.68. The highest BCUT2D eigenvalue weighted by Crippen LogP contribution is 2.35. The summed E-state index contributed by atoms with van der Waals surface area (Å²) in [4.78, 5) is 13.8. The van der Waals surface area contributed by atoms with E-state index in [2.05, 4.69) is 23.7 Å². The van der Waals surface area contributed by atoms with E-state index in [-0.39, 0.29) is 12.2 Å². The minimum atomic E-state index is -3.48. The molecule has 10 heteroatoms. The highest BCUT2D eigenvalue weighted by molar-refractivity contribution is 7.86. The van der Waals surface area contributed by atoms with E-state index in [9.17, 15) is 8.42 Å². The first-order valence-electron chi connectivity index (χ1n) is 10.1. The van der Waals surface area contributed by atoms with Gasteiger partial charge < -0.3 is 9.64 Å².